The van der Waals surface area contributed by atoms with Crippen LogP contribution in [0.25, 0.3) is 0 Å². The van der Waals surface area contributed by atoms with Crippen LogP contribution in [0.1, 0.15) is 22.5 Å². The van der Waals surface area contributed by atoms with Gasteiger partial charge in [-0.1, -0.05) is 17.7 Å². The highest BCUT2D eigenvalue weighted by Gasteiger charge is 2.21. The van der Waals surface area contributed by atoms with Gasteiger partial charge < -0.3 is 10.8 Å². The van der Waals surface area contributed by atoms with Crippen molar-refractivity contribution < 1.29 is 17.9 Å². The van der Waals surface area contributed by atoms with Gasteiger partial charge in [-0.25, -0.2) is 17.1 Å². The van der Waals surface area contributed by atoms with Gasteiger partial charge in [0.1, 0.15) is 10.7 Å². The minimum Gasteiger partial charge on any atom is -0.396 e. The fraction of sp³-hybridized carbons (Fsp3) is 0.421. The summed E-state index contributed by atoms with van der Waals surface area (Å²) in [5.74, 6) is -0.351. The number of hydrogen-bond donors (Lipinski definition) is 2. The van der Waals surface area contributed by atoms with Gasteiger partial charge >= 0.3 is 0 Å². The molecule has 0 aliphatic rings. The molecule has 1 aromatic heterocycles. The van der Waals surface area contributed by atoms with Gasteiger partial charge in [-0.15, -0.1) is 12.4 Å². The summed E-state index contributed by atoms with van der Waals surface area (Å²) in [6, 6.07) is 4.70. The summed E-state index contributed by atoms with van der Waals surface area (Å²) in [7, 11) is -0.773. The maximum Gasteiger partial charge on any atom is 0.244 e. The first-order valence-electron chi connectivity index (χ1n) is 9.03. The molecule has 7 nitrogen and oxygen atoms in total. The van der Waals surface area contributed by atoms with Crippen LogP contribution in [0.2, 0.25) is 5.02 Å². The summed E-state index contributed by atoms with van der Waals surface area (Å²) >= 11 is 6.22. The topological polar surface area (TPSA) is 101 Å². The number of aliphatic hydroxyl groups excluding tert-OH is 1. The number of rotatable bonds is 9. The summed E-state index contributed by atoms with van der Waals surface area (Å²) in [5, 5.41) is 14.0. The van der Waals surface area contributed by atoms with E-state index < -0.39 is 10.0 Å². The van der Waals surface area contributed by atoms with Gasteiger partial charge in [0, 0.05) is 51.3 Å². The highest BCUT2D eigenvalue weighted by molar-refractivity contribution is 7.89. The summed E-state index contributed by atoms with van der Waals surface area (Å²) in [6.45, 7) is 2.08. The van der Waals surface area contributed by atoms with Crippen molar-refractivity contribution in [3.05, 3.63) is 57.6 Å². The normalized spacial score (nSPS) is 12.3. The van der Waals surface area contributed by atoms with Crippen molar-refractivity contribution in [2.45, 2.75) is 31.2 Å². The van der Waals surface area contributed by atoms with Crippen molar-refractivity contribution in [2.75, 3.05) is 27.2 Å². The number of aryl methyl sites for hydroxylation is 1. The van der Waals surface area contributed by atoms with Crippen LogP contribution in [0.4, 0.5) is 4.39 Å². The second-order valence-electron chi connectivity index (χ2n) is 6.76. The highest BCUT2D eigenvalue weighted by Crippen LogP contribution is 2.26. The molecule has 0 bridgehead atoms. The molecule has 1 aromatic carbocycles. The Morgan fingerprint density at radius 2 is 2.07 bits per heavy atom. The molecule has 0 spiro atoms. The highest BCUT2D eigenvalue weighted by atomic mass is 35.5. The van der Waals surface area contributed by atoms with Gasteiger partial charge in [-0.05, 0) is 30.7 Å². The van der Waals surface area contributed by atoms with Crippen molar-refractivity contribution in [1.29, 1.82) is 0 Å². The number of benzene rings is 1. The second kappa shape index (κ2) is 11.2. The molecule has 3 N–H and O–H groups in total. The van der Waals surface area contributed by atoms with Crippen LogP contribution in [-0.2, 0) is 29.4 Å². The van der Waals surface area contributed by atoms with E-state index in [-0.39, 0.29) is 47.7 Å². The van der Waals surface area contributed by atoms with Crippen LogP contribution < -0.4 is 5.73 Å². The molecule has 0 amide bonds. The lowest BCUT2D eigenvalue weighted by molar-refractivity contribution is 0.295. The minimum atomic E-state index is -3.65. The Hall–Kier alpha value is -1.49. The lowest BCUT2D eigenvalue weighted by atomic mass is 10.1. The minimum absolute atomic E-state index is 0. The summed E-state index contributed by atoms with van der Waals surface area (Å²) in [5.41, 5.74) is 8.18. The molecular weight excluding hydrogens is 454 g/mol. The Kier molecular flexibility index (Phi) is 9.93. The number of aliphatic hydroxyl groups is 1. The molecule has 0 aliphatic carbocycles. The Morgan fingerprint density at radius 1 is 1.40 bits per heavy atom. The maximum absolute atomic E-state index is 14.0. The molecule has 0 saturated heterocycles. The van der Waals surface area contributed by atoms with E-state index in [2.05, 4.69) is 5.10 Å². The van der Waals surface area contributed by atoms with Gasteiger partial charge in [0.2, 0.25) is 10.0 Å². The lowest BCUT2D eigenvalue weighted by Gasteiger charge is -2.14. The Bertz CT molecular complexity index is 1010. The van der Waals surface area contributed by atoms with Crippen molar-refractivity contribution in [3.63, 3.8) is 0 Å². The first-order chi connectivity index (χ1) is 13.6. The molecule has 2 rings (SSSR count). The van der Waals surface area contributed by atoms with Crippen LogP contribution in [0.3, 0.4) is 0 Å². The average molecular weight is 481 g/mol. The van der Waals surface area contributed by atoms with Crippen molar-refractivity contribution in [2.24, 2.45) is 5.73 Å². The van der Waals surface area contributed by atoms with Gasteiger partial charge in [0.05, 0.1) is 17.3 Å². The third-order valence-corrected chi connectivity index (χ3v) is 6.79. The molecule has 2 aromatic rings. The summed E-state index contributed by atoms with van der Waals surface area (Å²) in [6.07, 6.45) is 1.68. The molecule has 168 valence electrons. The predicted octanol–water partition coefficient (Wildman–Crippen LogP) is 2.45. The third-order valence-electron chi connectivity index (χ3n) is 4.49. The van der Waals surface area contributed by atoms with E-state index in [1.54, 1.807) is 23.7 Å². The van der Waals surface area contributed by atoms with E-state index in [4.69, 9.17) is 17.3 Å². The number of allylic oxidation sites excluding steroid dienone is 1. The molecule has 1 heterocycles. The van der Waals surface area contributed by atoms with Crippen LogP contribution in [-0.4, -0.2) is 54.9 Å². The lowest BCUT2D eigenvalue weighted by Crippen LogP contribution is -2.22. The molecule has 30 heavy (non-hydrogen) atoms. The largest absolute Gasteiger partial charge is 0.396 e. The first-order valence-corrected chi connectivity index (χ1v) is 10.8. The number of aromatic nitrogens is 2. The average Bonchev–Trinajstić information content (AvgIpc) is 2.90. The smallest absolute Gasteiger partial charge is 0.244 e. The third kappa shape index (κ3) is 6.03. The van der Waals surface area contributed by atoms with E-state index in [1.165, 1.54) is 26.2 Å². The zero-order chi connectivity index (χ0) is 21.8. The van der Waals surface area contributed by atoms with Gasteiger partial charge in [0.15, 0.2) is 0 Å². The summed E-state index contributed by atoms with van der Waals surface area (Å²) in [4.78, 5) is 0.0230. The SMILES string of the molecule is Cc1nn(Cc2ccc(S(=O)(=O)N(C)C)c(Cl)c2)c(CCO)c1C/C(F)=C/CN.Cl. The molecule has 0 atom stereocenters. The summed E-state index contributed by atoms with van der Waals surface area (Å²) < 4.78 is 41.4. The zero-order valence-electron chi connectivity index (χ0n) is 17.1. The Balaban J connectivity index is 0.00000450. The maximum atomic E-state index is 14.0. The van der Waals surface area contributed by atoms with E-state index in [0.29, 0.717) is 29.9 Å². The van der Waals surface area contributed by atoms with Gasteiger partial charge in [0.25, 0.3) is 0 Å². The molecule has 0 fully saturated rings. The van der Waals surface area contributed by atoms with Crippen molar-refractivity contribution in [3.8, 4) is 0 Å². The number of nitrogens with two attached hydrogens (primary N) is 1. The van der Waals surface area contributed by atoms with Crippen LogP contribution in [0, 0.1) is 6.92 Å². The Morgan fingerprint density at radius 3 is 2.60 bits per heavy atom. The van der Waals surface area contributed by atoms with E-state index in [9.17, 15) is 17.9 Å². The number of sulfonamides is 1. The van der Waals surface area contributed by atoms with Crippen LogP contribution in [0.15, 0.2) is 35.0 Å². The second-order valence-corrected chi connectivity index (χ2v) is 9.29. The predicted molar refractivity (Wildman–Crippen MR) is 118 cm³/mol. The Labute approximate surface area is 187 Å². The molecule has 0 saturated carbocycles. The molecule has 11 heteroatoms. The number of nitrogens with zero attached hydrogens (tertiary/aromatic N) is 3. The molecule has 0 aliphatic heterocycles. The van der Waals surface area contributed by atoms with Gasteiger partial charge in [-0.2, -0.15) is 5.10 Å². The van der Waals surface area contributed by atoms with Crippen LogP contribution in [0.5, 0.6) is 0 Å². The quantitative estimate of drug-likeness (QED) is 0.573. The fourth-order valence-electron chi connectivity index (χ4n) is 3.00. The van der Waals surface area contributed by atoms with Gasteiger partial charge in [-0.3, -0.25) is 4.68 Å². The number of hydrogen-bond acceptors (Lipinski definition) is 5. The molecule has 0 unspecified atom stereocenters. The van der Waals surface area contributed by atoms with E-state index in [1.807, 2.05) is 0 Å². The van der Waals surface area contributed by atoms with Crippen molar-refractivity contribution in [1.82, 2.24) is 14.1 Å². The van der Waals surface area contributed by atoms with Crippen molar-refractivity contribution >= 4 is 34.0 Å². The standard InChI is InChI=1S/C19H26ClFN4O3S.ClH/c1-13-16(11-15(21)6-8-22)18(7-9-26)25(23-13)12-14-4-5-19(17(20)10-14)29(27,28)24(2)3;/h4-6,10,26H,7-9,11-12,22H2,1-3H3;1H/b15-6-;. The first kappa shape index (κ1) is 26.5. The molecular formula is C19H27Cl2FN4O3S. The monoisotopic (exact) mass is 480 g/mol. The van der Waals surface area contributed by atoms with E-state index in [0.717, 1.165) is 9.87 Å². The van der Waals surface area contributed by atoms with E-state index >= 15 is 0 Å². The fourth-order valence-corrected chi connectivity index (χ4v) is 4.44. The zero-order valence-corrected chi connectivity index (χ0v) is 19.5. The van der Waals surface area contributed by atoms with Crippen LogP contribution >= 0.6 is 24.0 Å². The number of halogens is 3. The molecule has 0 radical (unpaired) electrons.